The highest BCUT2D eigenvalue weighted by Crippen LogP contribution is 2.58. The molecule has 9 atom stereocenters. The Kier molecular flexibility index (Phi) is 7.53. The fraction of sp³-hybridized carbons (Fsp3) is 0.500. The third-order valence-corrected chi connectivity index (χ3v) is 10.3. The van der Waals surface area contributed by atoms with Crippen molar-refractivity contribution >= 4 is 71.7 Å². The number of rotatable bonds is 2. The van der Waals surface area contributed by atoms with Gasteiger partial charge in [0, 0.05) is 6.42 Å². The number of halogens is 1. The monoisotopic (exact) mass is 692 g/mol. The Bertz CT molecular complexity index is 1910. The molecule has 7 rings (SSSR count). The minimum Gasteiger partial charge on any atom is -0.382 e. The van der Waals surface area contributed by atoms with Gasteiger partial charge in [-0.2, -0.15) is 4.98 Å². The van der Waals surface area contributed by atoms with Gasteiger partial charge in [0.05, 0.1) is 32.0 Å². The minimum atomic E-state index is -4.21. The lowest BCUT2D eigenvalue weighted by molar-refractivity contribution is -0.0575. The van der Waals surface area contributed by atoms with Crippen molar-refractivity contribution in [2.45, 2.75) is 49.5 Å². The molecule has 3 aliphatic rings. The molecule has 2 bridgehead atoms. The summed E-state index contributed by atoms with van der Waals surface area (Å²) in [6.07, 6.45) is -5.32. The highest BCUT2D eigenvalue weighted by molar-refractivity contribution is 8.44. The summed E-state index contributed by atoms with van der Waals surface area (Å²) in [4.78, 5) is 45.9. The number of alkyl halides is 1. The topological polar surface area (TPSA) is 252 Å². The molecule has 0 radical (unpaired) electrons. The zero-order chi connectivity index (χ0) is 31.0. The molecule has 3 saturated heterocycles. The van der Waals surface area contributed by atoms with Crippen molar-refractivity contribution in [3.05, 3.63) is 29.3 Å². The number of nitrogens with one attached hydrogen (secondary N) is 1. The molecule has 4 aromatic heterocycles. The van der Waals surface area contributed by atoms with Gasteiger partial charge in [-0.05, 0) is 11.8 Å². The van der Waals surface area contributed by atoms with Gasteiger partial charge in [0.15, 0.2) is 41.3 Å². The van der Waals surface area contributed by atoms with Crippen LogP contribution < -0.4 is 17.0 Å². The molecule has 7 heterocycles. The largest absolute Gasteiger partial charge is 0.386 e. The van der Waals surface area contributed by atoms with Crippen molar-refractivity contribution in [1.29, 1.82) is 0 Å². The molecule has 0 spiro atoms. The van der Waals surface area contributed by atoms with Crippen LogP contribution in [0.1, 0.15) is 18.9 Å². The highest BCUT2D eigenvalue weighted by Gasteiger charge is 2.51. The van der Waals surface area contributed by atoms with Crippen LogP contribution in [0.2, 0.25) is 0 Å². The second-order valence-electron chi connectivity index (χ2n) is 9.99. The number of hydrogen-bond donors (Lipinski definition) is 5. The summed E-state index contributed by atoms with van der Waals surface area (Å²) >= 11 is 9.32. The first-order valence-corrected chi connectivity index (χ1v) is 18.1. The normalized spacial score (nSPS) is 36.6. The minimum absolute atomic E-state index is 0.0280. The number of H-pyrrole nitrogens is 1. The Hall–Kier alpha value is -2.62. The highest BCUT2D eigenvalue weighted by atomic mass is 32.7. The number of nitrogens with two attached hydrogens (primary N) is 2. The molecular formula is C20H23FN10O9P2S2. The number of aromatic nitrogens is 8. The summed E-state index contributed by atoms with van der Waals surface area (Å²) in [6.45, 7) is -9.23. The standard InChI is InChI=1S/C20H23FN10O9P2S2/c21-10-13-9(38-19(10)30-5-26-11-14(22)24-4-25-15(11)30)3-36-41(33,43)39-8-1-7(2-35-42(34,44)40-13)37-18(8)31-6-27-12-16(31)28-20(23)29-17(12)32/h4-10,13,18-19H,1-3H2,(H,33,43)(H,34,44)(H2,22,24,25)(H3,23,28,29,32)/t7-,8-,9+,10+,13?,18+,19?,41?,42?/m0/s1. The van der Waals surface area contributed by atoms with E-state index in [-0.39, 0.29) is 47.1 Å². The number of nitrogens with zero attached hydrogens (tertiary/aromatic N) is 7. The molecule has 4 unspecified atom stereocenters. The Labute approximate surface area is 255 Å². The second-order valence-corrected chi connectivity index (χ2v) is 15.7. The van der Waals surface area contributed by atoms with Gasteiger partial charge >= 0.3 is 13.5 Å². The van der Waals surface area contributed by atoms with Gasteiger partial charge < -0.3 is 30.4 Å². The van der Waals surface area contributed by atoms with Gasteiger partial charge in [0.2, 0.25) is 5.95 Å². The van der Waals surface area contributed by atoms with Crippen molar-refractivity contribution in [3.63, 3.8) is 0 Å². The summed E-state index contributed by atoms with van der Waals surface area (Å²) < 4.78 is 66.5. The van der Waals surface area contributed by atoms with Crippen molar-refractivity contribution in [2.75, 3.05) is 24.7 Å². The van der Waals surface area contributed by atoms with E-state index in [0.717, 1.165) is 0 Å². The molecular weight excluding hydrogens is 669 g/mol. The molecule has 0 amide bonds. The van der Waals surface area contributed by atoms with E-state index in [2.05, 4.69) is 42.2 Å². The van der Waals surface area contributed by atoms with Crippen LogP contribution >= 0.6 is 25.8 Å². The maximum atomic E-state index is 16.0. The molecule has 3 fully saturated rings. The van der Waals surface area contributed by atoms with E-state index in [0.29, 0.717) is 0 Å². The summed E-state index contributed by atoms with van der Waals surface area (Å²) in [7, 11) is 0. The Morgan fingerprint density at radius 2 is 1.77 bits per heavy atom. The summed E-state index contributed by atoms with van der Waals surface area (Å²) in [6, 6.07) is 0. The molecule has 4 aromatic rings. The van der Waals surface area contributed by atoms with E-state index in [9.17, 15) is 14.3 Å². The summed E-state index contributed by atoms with van der Waals surface area (Å²) in [5.41, 5.74) is 11.4. The maximum absolute atomic E-state index is 16.0. The average Bonchev–Trinajstić information content (AvgIpc) is 3.72. The molecule has 0 aliphatic carbocycles. The number of anilines is 2. The number of thiol groups is 1. The van der Waals surface area contributed by atoms with Crippen molar-refractivity contribution in [1.82, 2.24) is 39.0 Å². The van der Waals surface area contributed by atoms with E-state index in [4.69, 9.17) is 50.8 Å². The first kappa shape index (κ1) is 30.1. The van der Waals surface area contributed by atoms with Crippen LogP contribution in [0, 0.1) is 0 Å². The van der Waals surface area contributed by atoms with Gasteiger partial charge in [-0.1, -0.05) is 12.2 Å². The van der Waals surface area contributed by atoms with E-state index in [1.54, 1.807) is 0 Å². The Balaban J connectivity index is 1.19. The van der Waals surface area contributed by atoms with Crippen LogP contribution in [0.3, 0.4) is 0 Å². The van der Waals surface area contributed by atoms with Gasteiger partial charge in [0.1, 0.15) is 30.2 Å². The Morgan fingerprint density at radius 3 is 2.57 bits per heavy atom. The van der Waals surface area contributed by atoms with Crippen LogP contribution in [-0.2, 0) is 43.9 Å². The van der Waals surface area contributed by atoms with Gasteiger partial charge in [0.25, 0.3) is 5.56 Å². The zero-order valence-corrected chi connectivity index (χ0v) is 25.5. The lowest BCUT2D eigenvalue weighted by Gasteiger charge is -2.27. The van der Waals surface area contributed by atoms with Gasteiger partial charge in [-0.25, -0.2) is 28.9 Å². The summed E-state index contributed by atoms with van der Waals surface area (Å²) in [5, 5.41) is 0. The van der Waals surface area contributed by atoms with Crippen LogP contribution in [-0.4, -0.2) is 87.7 Å². The SMILES string of the molecule is Nc1nc2c(ncn2[C@@H]2O[C@@H]3COP(O)(=S)OC4[C@@H](F)C(n5cnc6c(N)ncnc65)O[C@@H]4COP(=O)(S)O[C@H]2C3)c(=O)[nH]1. The number of aromatic amines is 1. The molecule has 19 nitrogen and oxygen atoms in total. The predicted molar refractivity (Wildman–Crippen MR) is 154 cm³/mol. The van der Waals surface area contributed by atoms with E-state index in [1.165, 1.54) is 28.1 Å². The smallest absolute Gasteiger partial charge is 0.382 e. The lowest BCUT2D eigenvalue weighted by Crippen LogP contribution is -2.34. The molecule has 6 N–H and O–H groups in total. The van der Waals surface area contributed by atoms with Crippen molar-refractivity contribution in [2.24, 2.45) is 0 Å². The zero-order valence-electron chi connectivity index (χ0n) is 22.0. The maximum Gasteiger partial charge on any atom is 0.386 e. The van der Waals surface area contributed by atoms with Crippen LogP contribution in [0.15, 0.2) is 23.8 Å². The molecule has 0 aromatic carbocycles. The first-order valence-electron chi connectivity index (χ1n) is 12.8. The van der Waals surface area contributed by atoms with E-state index in [1.807, 2.05) is 0 Å². The second kappa shape index (κ2) is 11.0. The third kappa shape index (κ3) is 5.43. The van der Waals surface area contributed by atoms with Crippen molar-refractivity contribution < 1.29 is 41.4 Å². The van der Waals surface area contributed by atoms with Gasteiger partial charge in [-0.3, -0.25) is 32.5 Å². The fourth-order valence-corrected chi connectivity index (χ4v) is 8.21. The molecule has 0 saturated carbocycles. The fourth-order valence-electron chi connectivity index (χ4n) is 5.26. The number of nitrogen functional groups attached to an aromatic ring is 2. The predicted octanol–water partition coefficient (Wildman–Crippen LogP) is 0.719. The van der Waals surface area contributed by atoms with Crippen LogP contribution in [0.5, 0.6) is 0 Å². The molecule has 236 valence electrons. The van der Waals surface area contributed by atoms with E-state index < -0.39 is 68.7 Å². The van der Waals surface area contributed by atoms with E-state index >= 15 is 4.39 Å². The average molecular weight is 693 g/mol. The number of imidazole rings is 2. The summed E-state index contributed by atoms with van der Waals surface area (Å²) in [5.74, 6) is -0.0973. The molecule has 24 heteroatoms. The number of fused-ring (bicyclic) bond motifs is 5. The number of hydrogen-bond acceptors (Lipinski definition) is 16. The molecule has 44 heavy (non-hydrogen) atoms. The number of ether oxygens (including phenoxy) is 2. The quantitative estimate of drug-likeness (QED) is 0.143. The van der Waals surface area contributed by atoms with Gasteiger partial charge in [-0.15, -0.1) is 0 Å². The van der Waals surface area contributed by atoms with Crippen LogP contribution in [0.4, 0.5) is 16.2 Å². The Morgan fingerprint density at radius 1 is 1.02 bits per heavy atom. The van der Waals surface area contributed by atoms with Crippen molar-refractivity contribution in [3.8, 4) is 0 Å². The molecule has 3 aliphatic heterocycles. The lowest BCUT2D eigenvalue weighted by atomic mass is 10.1. The third-order valence-electron chi connectivity index (χ3n) is 7.15. The first-order chi connectivity index (χ1) is 20.9. The van der Waals surface area contributed by atoms with Crippen LogP contribution in [0.25, 0.3) is 22.3 Å².